The summed E-state index contributed by atoms with van der Waals surface area (Å²) in [6.07, 6.45) is 4.94. The van der Waals surface area contributed by atoms with E-state index in [2.05, 4.69) is 24.0 Å². The number of hydrogen-bond acceptors (Lipinski definition) is 2. The van der Waals surface area contributed by atoms with Crippen molar-refractivity contribution < 1.29 is 9.13 Å². The molecule has 0 radical (unpaired) electrons. The average molecular weight is 427 g/mol. The molecule has 0 spiro atoms. The van der Waals surface area contributed by atoms with Crippen molar-refractivity contribution in [2.75, 3.05) is 6.16 Å². The summed E-state index contributed by atoms with van der Waals surface area (Å²) >= 11 is 0. The summed E-state index contributed by atoms with van der Waals surface area (Å²) in [4.78, 5) is 0. The van der Waals surface area contributed by atoms with Gasteiger partial charge in [0.1, 0.15) is 11.9 Å². The third-order valence-electron chi connectivity index (χ3n) is 5.38. The van der Waals surface area contributed by atoms with Gasteiger partial charge >= 0.3 is 0 Å². The number of nitriles is 1. The van der Waals surface area contributed by atoms with Crippen molar-refractivity contribution in [1.29, 1.82) is 5.26 Å². The minimum Gasteiger partial charge on any atom is -0.364 e. The van der Waals surface area contributed by atoms with Crippen molar-refractivity contribution in [3.63, 3.8) is 0 Å². The Kier molecular flexibility index (Phi) is 6.73. The molecule has 154 valence electrons. The molecule has 1 heterocycles. The molecule has 2 nitrogen and oxygen atoms in total. The minimum atomic E-state index is -0.334. The van der Waals surface area contributed by atoms with Crippen LogP contribution < -0.4 is 0 Å². The van der Waals surface area contributed by atoms with Gasteiger partial charge in [-0.1, -0.05) is 75.1 Å². The maximum Gasteiger partial charge on any atom is 0.128 e. The van der Waals surface area contributed by atoms with E-state index in [0.717, 1.165) is 34.0 Å². The molecule has 4 heteroatoms. The Morgan fingerprint density at radius 2 is 1.87 bits per heavy atom. The number of aryl methyl sites for hydroxylation is 1. The summed E-state index contributed by atoms with van der Waals surface area (Å²) < 4.78 is 20.5. The van der Waals surface area contributed by atoms with Crippen molar-refractivity contribution in [3.8, 4) is 17.2 Å². The van der Waals surface area contributed by atoms with E-state index in [0.29, 0.717) is 19.7 Å². The van der Waals surface area contributed by atoms with E-state index in [1.165, 1.54) is 6.07 Å². The van der Waals surface area contributed by atoms with Crippen LogP contribution in [-0.2, 0) is 11.3 Å². The molecule has 0 aliphatic carbocycles. The molecule has 3 aromatic rings. The van der Waals surface area contributed by atoms with Crippen LogP contribution in [0.15, 0.2) is 90.3 Å². The number of halogens is 1. The lowest BCUT2D eigenvalue weighted by molar-refractivity contribution is 0.0646. The Labute approximate surface area is 184 Å². The van der Waals surface area contributed by atoms with Crippen LogP contribution in [0.5, 0.6) is 0 Å². The summed E-state index contributed by atoms with van der Waals surface area (Å²) in [7, 11) is 0.699. The quantitative estimate of drug-likeness (QED) is 0.395. The second-order valence-electron chi connectivity index (χ2n) is 7.47. The molecule has 0 fully saturated rings. The van der Waals surface area contributed by atoms with E-state index < -0.39 is 0 Å². The van der Waals surface area contributed by atoms with Gasteiger partial charge in [-0.05, 0) is 53.5 Å². The Morgan fingerprint density at radius 3 is 2.61 bits per heavy atom. The lowest BCUT2D eigenvalue weighted by atomic mass is 9.92. The molecule has 3 aromatic carbocycles. The molecule has 31 heavy (non-hydrogen) atoms. The van der Waals surface area contributed by atoms with Crippen LogP contribution in [0, 0.1) is 24.1 Å². The molecule has 0 saturated carbocycles. The summed E-state index contributed by atoms with van der Waals surface area (Å²) in [5, 5.41) is 9.69. The van der Waals surface area contributed by atoms with Crippen LogP contribution in [0.1, 0.15) is 28.4 Å². The fraction of sp³-hybridized carbons (Fsp3) is 0.148. The Bertz CT molecular complexity index is 1190. The van der Waals surface area contributed by atoms with E-state index in [-0.39, 0.29) is 18.5 Å². The first-order valence-electron chi connectivity index (χ1n) is 10.2. The van der Waals surface area contributed by atoms with Crippen molar-refractivity contribution in [2.24, 2.45) is 0 Å². The van der Waals surface area contributed by atoms with Crippen LogP contribution in [0.3, 0.4) is 0 Å². The van der Waals surface area contributed by atoms with E-state index in [4.69, 9.17) is 4.74 Å². The van der Waals surface area contributed by atoms with Gasteiger partial charge in [0.25, 0.3) is 0 Å². The second-order valence-corrected chi connectivity index (χ2v) is 8.57. The zero-order chi connectivity index (χ0) is 21.6. The molecular formula is C27H23FNOP. The van der Waals surface area contributed by atoms with Crippen LogP contribution >= 0.6 is 8.58 Å². The van der Waals surface area contributed by atoms with Gasteiger partial charge in [-0.2, -0.15) is 5.26 Å². The molecule has 2 atom stereocenters. The molecule has 1 aliphatic heterocycles. The lowest BCUT2D eigenvalue weighted by Gasteiger charge is -2.23. The predicted octanol–water partition coefficient (Wildman–Crippen LogP) is 7.06. The Morgan fingerprint density at radius 1 is 1.06 bits per heavy atom. The van der Waals surface area contributed by atoms with Gasteiger partial charge in [0, 0.05) is 11.1 Å². The SMILES string of the molecule is Cc1ccccc1-c1cc(C(OCc2ccccc2F)C2=CPCC=C2)ccc1C#N. The van der Waals surface area contributed by atoms with E-state index in [1.54, 1.807) is 12.1 Å². The molecule has 0 amide bonds. The smallest absolute Gasteiger partial charge is 0.128 e. The first kappa shape index (κ1) is 21.2. The van der Waals surface area contributed by atoms with E-state index in [9.17, 15) is 9.65 Å². The Hall–Kier alpha value is -3.05. The molecule has 0 N–H and O–H groups in total. The van der Waals surface area contributed by atoms with Crippen molar-refractivity contribution in [3.05, 3.63) is 118 Å². The number of nitrogens with zero attached hydrogens (tertiary/aromatic N) is 1. The molecule has 2 unspecified atom stereocenters. The zero-order valence-electron chi connectivity index (χ0n) is 17.3. The van der Waals surface area contributed by atoms with Gasteiger partial charge in [0.05, 0.1) is 18.2 Å². The fourth-order valence-electron chi connectivity index (χ4n) is 3.74. The van der Waals surface area contributed by atoms with Crippen LogP contribution in [0.2, 0.25) is 0 Å². The first-order valence-corrected chi connectivity index (χ1v) is 11.5. The molecule has 0 saturated heterocycles. The first-order chi connectivity index (χ1) is 15.2. The summed E-state index contributed by atoms with van der Waals surface area (Å²) in [5.41, 5.74) is 6.21. The van der Waals surface area contributed by atoms with Crippen LogP contribution in [-0.4, -0.2) is 6.16 Å². The van der Waals surface area contributed by atoms with Crippen molar-refractivity contribution in [1.82, 2.24) is 0 Å². The van der Waals surface area contributed by atoms with Gasteiger partial charge < -0.3 is 4.74 Å². The van der Waals surface area contributed by atoms with E-state index in [1.807, 2.05) is 55.5 Å². The lowest BCUT2D eigenvalue weighted by Crippen LogP contribution is -2.09. The summed E-state index contributed by atoms with van der Waals surface area (Å²) in [5.74, 6) is 1.94. The average Bonchev–Trinajstić information content (AvgIpc) is 2.81. The molecular weight excluding hydrogens is 404 g/mol. The molecule has 0 bridgehead atoms. The standard InChI is InChI=1S/C27H23FNOP/c1-19-7-2-4-10-24(19)25-15-20(12-13-21(25)16-29)27(23-9-6-14-31-18-23)30-17-22-8-3-5-11-26(22)28/h2-13,15,18,27,31H,14,17H2,1H3. The highest BCUT2D eigenvalue weighted by Gasteiger charge is 2.20. The highest BCUT2D eigenvalue weighted by Crippen LogP contribution is 2.37. The minimum absolute atomic E-state index is 0.172. The fourth-order valence-corrected chi connectivity index (χ4v) is 4.60. The van der Waals surface area contributed by atoms with Gasteiger partial charge in [-0.3, -0.25) is 0 Å². The molecule has 0 aromatic heterocycles. The number of allylic oxidation sites excluding steroid dienone is 1. The van der Waals surface area contributed by atoms with Crippen molar-refractivity contribution >= 4 is 8.58 Å². The predicted molar refractivity (Wildman–Crippen MR) is 126 cm³/mol. The number of benzene rings is 3. The Balaban J connectivity index is 1.74. The summed E-state index contributed by atoms with van der Waals surface area (Å²) in [6, 6.07) is 22.9. The highest BCUT2D eigenvalue weighted by atomic mass is 31.1. The van der Waals surface area contributed by atoms with E-state index >= 15 is 0 Å². The summed E-state index contributed by atoms with van der Waals surface area (Å²) in [6.45, 7) is 2.22. The molecule has 1 aliphatic rings. The maximum atomic E-state index is 14.2. The third kappa shape index (κ3) is 4.83. The van der Waals surface area contributed by atoms with Crippen LogP contribution in [0.4, 0.5) is 4.39 Å². The van der Waals surface area contributed by atoms with Gasteiger partial charge in [-0.15, -0.1) is 0 Å². The number of ether oxygens (including phenoxy) is 1. The third-order valence-corrected chi connectivity index (χ3v) is 6.39. The number of rotatable bonds is 6. The highest BCUT2D eigenvalue weighted by molar-refractivity contribution is 7.42. The van der Waals surface area contributed by atoms with Crippen LogP contribution in [0.25, 0.3) is 11.1 Å². The normalized spacial score (nSPS) is 14.8. The monoisotopic (exact) mass is 427 g/mol. The molecule has 4 rings (SSSR count). The zero-order valence-corrected chi connectivity index (χ0v) is 18.3. The van der Waals surface area contributed by atoms with Gasteiger partial charge in [0.15, 0.2) is 0 Å². The number of hydrogen-bond donors (Lipinski definition) is 0. The maximum absolute atomic E-state index is 14.2. The van der Waals surface area contributed by atoms with Crippen molar-refractivity contribution in [2.45, 2.75) is 19.6 Å². The largest absolute Gasteiger partial charge is 0.364 e. The van der Waals surface area contributed by atoms with Gasteiger partial charge in [-0.25, -0.2) is 4.39 Å². The van der Waals surface area contributed by atoms with Gasteiger partial charge in [0.2, 0.25) is 0 Å². The second kappa shape index (κ2) is 9.84. The topological polar surface area (TPSA) is 33.0 Å².